The zero-order chi connectivity index (χ0) is 11.9. The topological polar surface area (TPSA) is 35.5 Å². The first-order valence-electron chi connectivity index (χ1n) is 5.35. The third-order valence-electron chi connectivity index (χ3n) is 2.04. The van der Waals surface area contributed by atoms with Crippen LogP contribution in [0.1, 0.15) is 20.3 Å². The molecule has 0 saturated carbocycles. The molecule has 0 aliphatic carbocycles. The minimum atomic E-state index is -1.52. The van der Waals surface area contributed by atoms with Gasteiger partial charge >= 0.3 is 5.97 Å². The van der Waals surface area contributed by atoms with Crippen LogP contribution in [0.25, 0.3) is 0 Å². The molecule has 0 aromatic rings. The summed E-state index contributed by atoms with van der Waals surface area (Å²) in [5.74, 6) is -0.300. The summed E-state index contributed by atoms with van der Waals surface area (Å²) < 4.78 is 10.7. The minimum Gasteiger partial charge on any atom is -0.462 e. The Balaban J connectivity index is 3.62. The lowest BCUT2D eigenvalue weighted by Crippen LogP contribution is -2.30. The van der Waals surface area contributed by atoms with Crippen molar-refractivity contribution in [3.8, 4) is 0 Å². The minimum absolute atomic E-state index is 0.300. The highest BCUT2D eigenvalue weighted by Gasteiger charge is 2.20. The molecule has 0 aromatic heterocycles. The second-order valence-electron chi connectivity index (χ2n) is 4.21. The summed E-state index contributed by atoms with van der Waals surface area (Å²) in [6.07, 6.45) is 0.873. The van der Waals surface area contributed by atoms with Crippen molar-refractivity contribution in [2.24, 2.45) is 0 Å². The highest BCUT2D eigenvalue weighted by Crippen LogP contribution is 2.13. The molecular formula is C11H22O3Si. The number of hydrogen-bond donors (Lipinski definition) is 0. The van der Waals surface area contributed by atoms with Gasteiger partial charge in [0.15, 0.2) is 8.32 Å². The molecular weight excluding hydrogens is 208 g/mol. The van der Waals surface area contributed by atoms with E-state index in [1.165, 1.54) is 0 Å². The van der Waals surface area contributed by atoms with E-state index in [1.807, 2.05) is 6.92 Å². The first kappa shape index (κ1) is 14.4. The van der Waals surface area contributed by atoms with Crippen molar-refractivity contribution in [3.63, 3.8) is 0 Å². The molecule has 4 heteroatoms. The Hall–Kier alpha value is -0.613. The third kappa shape index (κ3) is 7.33. The molecule has 0 saturated heterocycles. The molecule has 0 unspecified atom stereocenters. The maximum atomic E-state index is 11.1. The van der Waals surface area contributed by atoms with E-state index >= 15 is 0 Å². The Morgan fingerprint density at radius 3 is 2.47 bits per heavy atom. The molecule has 0 radical (unpaired) electrons. The first-order chi connectivity index (χ1) is 6.89. The van der Waals surface area contributed by atoms with Gasteiger partial charge in [0.2, 0.25) is 0 Å². The number of hydrogen-bond acceptors (Lipinski definition) is 3. The van der Waals surface area contributed by atoms with Crippen LogP contribution in [-0.4, -0.2) is 27.5 Å². The van der Waals surface area contributed by atoms with Gasteiger partial charge in [-0.05, 0) is 39.4 Å². The second kappa shape index (κ2) is 6.79. The molecule has 0 amide bonds. The van der Waals surface area contributed by atoms with E-state index in [-0.39, 0.29) is 5.97 Å². The summed E-state index contributed by atoms with van der Waals surface area (Å²) in [7, 11) is -1.52. The van der Waals surface area contributed by atoms with Crippen LogP contribution in [0.3, 0.4) is 0 Å². The van der Waals surface area contributed by atoms with Gasteiger partial charge in [0, 0.05) is 12.2 Å². The van der Waals surface area contributed by atoms with Gasteiger partial charge in [0.1, 0.15) is 0 Å². The van der Waals surface area contributed by atoms with Crippen molar-refractivity contribution in [3.05, 3.63) is 12.2 Å². The number of esters is 1. The molecule has 0 N–H and O–H groups in total. The van der Waals surface area contributed by atoms with Crippen LogP contribution in [0.15, 0.2) is 12.2 Å². The molecule has 88 valence electrons. The monoisotopic (exact) mass is 230 g/mol. The Morgan fingerprint density at radius 2 is 2.00 bits per heavy atom. The normalized spacial score (nSPS) is 11.2. The van der Waals surface area contributed by atoms with Gasteiger partial charge in [0.05, 0.1) is 6.61 Å². The van der Waals surface area contributed by atoms with Gasteiger partial charge < -0.3 is 9.16 Å². The van der Waals surface area contributed by atoms with Crippen molar-refractivity contribution in [1.82, 2.24) is 0 Å². The maximum absolute atomic E-state index is 11.1. The highest BCUT2D eigenvalue weighted by molar-refractivity contribution is 6.71. The predicted molar refractivity (Wildman–Crippen MR) is 64.3 cm³/mol. The van der Waals surface area contributed by atoms with Crippen molar-refractivity contribution >= 4 is 14.3 Å². The number of ether oxygens (including phenoxy) is 1. The van der Waals surface area contributed by atoms with Crippen LogP contribution in [0.4, 0.5) is 0 Å². The highest BCUT2D eigenvalue weighted by atomic mass is 28.4. The van der Waals surface area contributed by atoms with Gasteiger partial charge in [-0.1, -0.05) is 6.58 Å². The smallest absolute Gasteiger partial charge is 0.333 e. The molecule has 0 aliphatic rings. The molecule has 0 aliphatic heterocycles. The van der Waals surface area contributed by atoms with Crippen molar-refractivity contribution in [2.75, 3.05) is 13.2 Å². The zero-order valence-corrected chi connectivity index (χ0v) is 11.3. The van der Waals surface area contributed by atoms with Gasteiger partial charge in [-0.2, -0.15) is 0 Å². The molecule has 0 bridgehead atoms. The van der Waals surface area contributed by atoms with Crippen LogP contribution in [0, 0.1) is 0 Å². The van der Waals surface area contributed by atoms with Crippen molar-refractivity contribution in [2.45, 2.75) is 39.4 Å². The van der Waals surface area contributed by atoms with Crippen LogP contribution >= 0.6 is 0 Å². The van der Waals surface area contributed by atoms with Crippen LogP contribution in [0.5, 0.6) is 0 Å². The number of rotatable bonds is 7. The van der Waals surface area contributed by atoms with Crippen molar-refractivity contribution < 1.29 is 14.0 Å². The third-order valence-corrected chi connectivity index (χ3v) is 4.67. The van der Waals surface area contributed by atoms with E-state index < -0.39 is 8.32 Å². The van der Waals surface area contributed by atoms with Gasteiger partial charge in [-0.25, -0.2) is 4.79 Å². The van der Waals surface area contributed by atoms with Gasteiger partial charge in [-0.3, -0.25) is 0 Å². The summed E-state index contributed by atoms with van der Waals surface area (Å²) in [4.78, 5) is 11.1. The average Bonchev–Trinajstić information content (AvgIpc) is 2.11. The second-order valence-corrected chi connectivity index (χ2v) is 8.52. The van der Waals surface area contributed by atoms with Crippen LogP contribution in [-0.2, 0) is 14.0 Å². The van der Waals surface area contributed by atoms with E-state index in [1.54, 1.807) is 6.92 Å². The van der Waals surface area contributed by atoms with Crippen molar-refractivity contribution in [1.29, 1.82) is 0 Å². The summed E-state index contributed by atoms with van der Waals surface area (Å²) >= 11 is 0. The fourth-order valence-electron chi connectivity index (χ4n) is 1.25. The molecule has 0 fully saturated rings. The summed E-state index contributed by atoms with van der Waals surface area (Å²) in [6.45, 7) is 12.8. The lowest BCUT2D eigenvalue weighted by Gasteiger charge is -2.21. The summed E-state index contributed by atoms with van der Waals surface area (Å²) in [5.41, 5.74) is 0.455. The molecule has 15 heavy (non-hydrogen) atoms. The lowest BCUT2D eigenvalue weighted by atomic mass is 10.4. The SMILES string of the molecule is C=C(C)C(=O)OCCC[Si](C)(C)OCC. The van der Waals surface area contributed by atoms with Crippen LogP contribution in [0.2, 0.25) is 19.1 Å². The number of carbonyl (C=O) groups excluding carboxylic acids is 1. The Morgan fingerprint density at radius 1 is 1.40 bits per heavy atom. The average molecular weight is 230 g/mol. The fraction of sp³-hybridized carbons (Fsp3) is 0.727. The van der Waals surface area contributed by atoms with Crippen LogP contribution < -0.4 is 0 Å². The largest absolute Gasteiger partial charge is 0.462 e. The molecule has 3 nitrogen and oxygen atoms in total. The standard InChI is InChI=1S/C11H22O3Si/c1-6-14-15(4,5)9-7-8-13-11(12)10(2)3/h2,6-9H2,1,3-5H3. The maximum Gasteiger partial charge on any atom is 0.333 e. The summed E-state index contributed by atoms with van der Waals surface area (Å²) in [5, 5.41) is 0. The molecule has 0 atom stereocenters. The molecule has 0 heterocycles. The number of carbonyl (C=O) groups is 1. The van der Waals surface area contributed by atoms with E-state index in [4.69, 9.17) is 9.16 Å². The zero-order valence-electron chi connectivity index (χ0n) is 10.3. The quantitative estimate of drug-likeness (QED) is 0.292. The molecule has 0 spiro atoms. The van der Waals surface area contributed by atoms with Gasteiger partial charge in [-0.15, -0.1) is 0 Å². The van der Waals surface area contributed by atoms with E-state index in [9.17, 15) is 4.79 Å². The Kier molecular flexibility index (Phi) is 6.52. The predicted octanol–water partition coefficient (Wildman–Crippen LogP) is 2.74. The summed E-state index contributed by atoms with van der Waals surface area (Å²) in [6, 6.07) is 1.02. The van der Waals surface area contributed by atoms with E-state index in [0.29, 0.717) is 12.2 Å². The lowest BCUT2D eigenvalue weighted by molar-refractivity contribution is -0.138. The first-order valence-corrected chi connectivity index (χ1v) is 8.47. The van der Waals surface area contributed by atoms with Gasteiger partial charge in [0.25, 0.3) is 0 Å². The Labute approximate surface area is 93.6 Å². The van der Waals surface area contributed by atoms with E-state index in [0.717, 1.165) is 19.1 Å². The van der Waals surface area contributed by atoms with E-state index in [2.05, 4.69) is 19.7 Å². The fourth-order valence-corrected chi connectivity index (χ4v) is 3.17. The molecule has 0 aromatic carbocycles. The molecule has 0 rings (SSSR count). The Bertz CT molecular complexity index is 224.